The zero-order valence-electron chi connectivity index (χ0n) is 16.8. The Morgan fingerprint density at radius 1 is 0.967 bits per heavy atom. The average Bonchev–Trinajstić information content (AvgIpc) is 2.78. The number of nitrogens with two attached hydrogens (primary N) is 1. The van der Waals surface area contributed by atoms with E-state index in [0.717, 1.165) is 22.9 Å². The van der Waals surface area contributed by atoms with Crippen LogP contribution in [0.5, 0.6) is 0 Å². The Morgan fingerprint density at radius 2 is 1.77 bits per heavy atom. The monoisotopic (exact) mass is 390 g/mol. The SMILES string of the molecule is CC1C=c2c(-c3ccc(C(N)=O)cc3)cccc2=C(c2cnc3ccccc3c2)C1. The average molecular weight is 390 g/mol. The van der Waals surface area contributed by atoms with Gasteiger partial charge in [0.1, 0.15) is 0 Å². The predicted molar refractivity (Wildman–Crippen MR) is 122 cm³/mol. The fourth-order valence-electron chi connectivity index (χ4n) is 4.36. The van der Waals surface area contributed by atoms with Gasteiger partial charge < -0.3 is 5.73 Å². The molecule has 1 aliphatic rings. The zero-order chi connectivity index (χ0) is 20.7. The first-order valence-electron chi connectivity index (χ1n) is 10.2. The van der Waals surface area contributed by atoms with Gasteiger partial charge in [-0.05, 0) is 69.3 Å². The topological polar surface area (TPSA) is 56.0 Å². The van der Waals surface area contributed by atoms with Crippen molar-refractivity contribution >= 4 is 28.5 Å². The van der Waals surface area contributed by atoms with Crippen molar-refractivity contribution in [3.63, 3.8) is 0 Å². The molecule has 3 aromatic carbocycles. The summed E-state index contributed by atoms with van der Waals surface area (Å²) in [7, 11) is 0. The van der Waals surface area contributed by atoms with Crippen molar-refractivity contribution in [2.75, 3.05) is 0 Å². The second kappa shape index (κ2) is 7.27. The fraction of sp³-hybridized carbons (Fsp3) is 0.111. The van der Waals surface area contributed by atoms with Gasteiger partial charge in [0, 0.05) is 17.1 Å². The summed E-state index contributed by atoms with van der Waals surface area (Å²) in [6, 6.07) is 24.4. The quantitative estimate of drug-likeness (QED) is 0.574. The van der Waals surface area contributed by atoms with E-state index in [1.165, 1.54) is 27.1 Å². The number of amides is 1. The lowest BCUT2D eigenvalue weighted by Gasteiger charge is -2.19. The van der Waals surface area contributed by atoms with E-state index in [1.54, 1.807) is 12.1 Å². The highest BCUT2D eigenvalue weighted by atomic mass is 16.1. The first-order valence-corrected chi connectivity index (χ1v) is 10.2. The maximum absolute atomic E-state index is 11.4. The number of rotatable bonds is 3. The summed E-state index contributed by atoms with van der Waals surface area (Å²) in [5, 5.41) is 3.65. The van der Waals surface area contributed by atoms with Gasteiger partial charge in [-0.15, -0.1) is 0 Å². The number of carbonyl (C=O) groups is 1. The van der Waals surface area contributed by atoms with Gasteiger partial charge in [0.2, 0.25) is 5.91 Å². The van der Waals surface area contributed by atoms with Crippen LogP contribution in [0.2, 0.25) is 0 Å². The third-order valence-corrected chi connectivity index (χ3v) is 5.83. The molecule has 0 bridgehead atoms. The van der Waals surface area contributed by atoms with E-state index in [4.69, 9.17) is 5.73 Å². The molecule has 4 aromatic rings. The molecule has 1 atom stereocenters. The minimum absolute atomic E-state index is 0.406. The molecule has 0 aliphatic heterocycles. The maximum Gasteiger partial charge on any atom is 0.248 e. The largest absolute Gasteiger partial charge is 0.366 e. The molecule has 2 N–H and O–H groups in total. The van der Waals surface area contributed by atoms with Crippen molar-refractivity contribution < 1.29 is 4.79 Å². The Morgan fingerprint density at radius 3 is 2.57 bits per heavy atom. The van der Waals surface area contributed by atoms with Crippen LogP contribution in [0.25, 0.3) is 33.7 Å². The van der Waals surface area contributed by atoms with Gasteiger partial charge in [0.25, 0.3) is 0 Å². The molecule has 5 rings (SSSR count). The number of fused-ring (bicyclic) bond motifs is 2. The molecular weight excluding hydrogens is 368 g/mol. The van der Waals surface area contributed by atoms with Crippen molar-refractivity contribution in [2.45, 2.75) is 13.3 Å². The van der Waals surface area contributed by atoms with E-state index in [9.17, 15) is 4.79 Å². The number of primary amides is 1. The van der Waals surface area contributed by atoms with Crippen molar-refractivity contribution in [1.29, 1.82) is 0 Å². The van der Waals surface area contributed by atoms with Crippen LogP contribution in [0.1, 0.15) is 29.3 Å². The molecule has 1 aromatic heterocycles. The summed E-state index contributed by atoms with van der Waals surface area (Å²) in [5.74, 6) is 0.0151. The minimum atomic E-state index is -0.406. The van der Waals surface area contributed by atoms with Crippen LogP contribution < -0.4 is 16.2 Å². The van der Waals surface area contributed by atoms with Gasteiger partial charge in [-0.3, -0.25) is 9.78 Å². The van der Waals surface area contributed by atoms with Gasteiger partial charge in [-0.25, -0.2) is 0 Å². The molecule has 0 saturated carbocycles. The molecule has 0 spiro atoms. The van der Waals surface area contributed by atoms with Gasteiger partial charge in [0.05, 0.1) is 5.52 Å². The molecule has 3 heteroatoms. The number of nitrogens with zero attached hydrogens (tertiary/aromatic N) is 1. The Balaban J connectivity index is 1.73. The Labute approximate surface area is 175 Å². The molecule has 1 unspecified atom stereocenters. The van der Waals surface area contributed by atoms with Crippen molar-refractivity contribution in [1.82, 2.24) is 4.98 Å². The van der Waals surface area contributed by atoms with Crippen molar-refractivity contribution in [3.8, 4) is 11.1 Å². The highest BCUT2D eigenvalue weighted by Gasteiger charge is 2.15. The number of aromatic nitrogens is 1. The first kappa shape index (κ1) is 18.3. The summed E-state index contributed by atoms with van der Waals surface area (Å²) in [5.41, 5.74) is 11.7. The molecular formula is C27H22N2O. The lowest BCUT2D eigenvalue weighted by Crippen LogP contribution is -2.33. The van der Waals surface area contributed by atoms with Gasteiger partial charge in [0.15, 0.2) is 0 Å². The van der Waals surface area contributed by atoms with Crippen LogP contribution in [-0.4, -0.2) is 10.9 Å². The van der Waals surface area contributed by atoms with Gasteiger partial charge in [-0.2, -0.15) is 0 Å². The lowest BCUT2D eigenvalue weighted by molar-refractivity contribution is 0.100. The number of benzene rings is 3. The number of para-hydroxylation sites is 1. The van der Waals surface area contributed by atoms with Gasteiger partial charge >= 0.3 is 0 Å². The number of hydrogen-bond donors (Lipinski definition) is 1. The second-order valence-corrected chi connectivity index (χ2v) is 7.95. The van der Waals surface area contributed by atoms with Crippen LogP contribution in [-0.2, 0) is 0 Å². The first-order chi connectivity index (χ1) is 14.6. The Bertz CT molecular complexity index is 1400. The highest BCUT2D eigenvalue weighted by Crippen LogP contribution is 2.26. The summed E-state index contributed by atoms with van der Waals surface area (Å²) in [6.45, 7) is 2.25. The Hall–Kier alpha value is -3.72. The van der Waals surface area contributed by atoms with E-state index < -0.39 is 5.91 Å². The van der Waals surface area contributed by atoms with Crippen LogP contribution in [0, 0.1) is 5.92 Å². The third-order valence-electron chi connectivity index (χ3n) is 5.83. The van der Waals surface area contributed by atoms with Crippen LogP contribution in [0.4, 0.5) is 0 Å². The Kier molecular flexibility index (Phi) is 4.44. The maximum atomic E-state index is 11.4. The summed E-state index contributed by atoms with van der Waals surface area (Å²) >= 11 is 0. The van der Waals surface area contributed by atoms with Crippen molar-refractivity contribution in [3.05, 3.63) is 101 Å². The number of carbonyl (C=O) groups excluding carboxylic acids is 1. The summed E-state index contributed by atoms with van der Waals surface area (Å²) in [6.07, 6.45) is 5.33. The molecule has 0 radical (unpaired) electrons. The predicted octanol–water partition coefficient (Wildman–Crippen LogP) is 4.02. The van der Waals surface area contributed by atoms with Crippen molar-refractivity contribution in [2.24, 2.45) is 11.7 Å². The van der Waals surface area contributed by atoms with E-state index in [-0.39, 0.29) is 0 Å². The lowest BCUT2D eigenvalue weighted by atomic mass is 9.86. The molecule has 3 nitrogen and oxygen atoms in total. The van der Waals surface area contributed by atoms with Crippen LogP contribution in [0.3, 0.4) is 0 Å². The number of hydrogen-bond acceptors (Lipinski definition) is 2. The highest BCUT2D eigenvalue weighted by molar-refractivity contribution is 5.93. The minimum Gasteiger partial charge on any atom is -0.366 e. The third kappa shape index (κ3) is 3.18. The summed E-state index contributed by atoms with van der Waals surface area (Å²) < 4.78 is 0. The molecule has 146 valence electrons. The summed E-state index contributed by atoms with van der Waals surface area (Å²) in [4.78, 5) is 16.1. The normalized spacial score (nSPS) is 15.5. The molecule has 1 heterocycles. The van der Waals surface area contributed by atoms with E-state index in [1.807, 2.05) is 30.5 Å². The molecule has 0 fully saturated rings. The second-order valence-electron chi connectivity index (χ2n) is 7.95. The van der Waals surface area contributed by atoms with E-state index in [0.29, 0.717) is 11.5 Å². The molecule has 30 heavy (non-hydrogen) atoms. The fourth-order valence-corrected chi connectivity index (χ4v) is 4.36. The molecule has 1 aliphatic carbocycles. The zero-order valence-corrected chi connectivity index (χ0v) is 16.8. The smallest absolute Gasteiger partial charge is 0.248 e. The molecule has 1 amide bonds. The van der Waals surface area contributed by atoms with Crippen LogP contribution >= 0.6 is 0 Å². The standard InChI is InChI=1S/C27H22N2O/c1-17-13-24(21-15-20-5-2-3-8-26(20)29-16-21)23-7-4-6-22(25(23)14-17)18-9-11-19(12-10-18)27(28)30/h2-12,14-17H,13H2,1H3,(H2,28,30). The van der Waals surface area contributed by atoms with Crippen LogP contribution in [0.15, 0.2) is 79.0 Å². The van der Waals surface area contributed by atoms with E-state index >= 15 is 0 Å². The van der Waals surface area contributed by atoms with E-state index in [2.05, 4.69) is 54.4 Å². The molecule has 0 saturated heterocycles. The number of pyridine rings is 1. The van der Waals surface area contributed by atoms with Gasteiger partial charge in [-0.1, -0.05) is 61.5 Å².